The number of halogens is 1. The minimum atomic E-state index is 0. The number of ether oxygens (including phenoxy) is 1. The molecule has 72 heavy (non-hydrogen) atoms. The second-order valence-corrected chi connectivity index (χ2v) is 21.5. The minimum absolute atomic E-state index is 0. The standard InChI is InChI=1S/C66H69N4O.ClH/c1-40(2)47-32-56(42(5)6)65(57(33-47)43(7)8)46-28-29-67-64(36-46)70-60-23-17-16-22-54(60)55-27-26-52(38-63(55)70)71-53-31-49(66-58(44(9)10)34-48(41(3)4)35-59(66)45(11)12)30-51(37-53)69-39-68(50-20-14-13-15-21-50)61-24-18-19-25-62(61)69;/h13-45H,1-12H3;1H/q+1;/p-1. The highest BCUT2D eigenvalue weighted by atomic mass is 35.5. The topological polar surface area (TPSA) is 35.9 Å². The van der Waals surface area contributed by atoms with Crippen molar-refractivity contribution >= 4 is 32.8 Å². The Hall–Kier alpha value is -6.95. The Morgan fingerprint density at radius 3 is 1.58 bits per heavy atom. The van der Waals surface area contributed by atoms with Crippen molar-refractivity contribution < 1.29 is 21.7 Å². The van der Waals surface area contributed by atoms with Crippen LogP contribution in [-0.2, 0) is 0 Å². The third kappa shape index (κ3) is 9.24. The van der Waals surface area contributed by atoms with E-state index in [1.165, 1.54) is 55.5 Å². The van der Waals surface area contributed by atoms with E-state index >= 15 is 0 Å². The largest absolute Gasteiger partial charge is 1.00 e. The van der Waals surface area contributed by atoms with Crippen LogP contribution >= 0.6 is 0 Å². The van der Waals surface area contributed by atoms with Crippen molar-refractivity contribution in [1.82, 2.24) is 14.1 Å². The number of fused-ring (bicyclic) bond motifs is 4. The summed E-state index contributed by atoms with van der Waals surface area (Å²) in [5.74, 6) is 4.62. The maximum Gasteiger partial charge on any atom is 0.255 e. The lowest BCUT2D eigenvalue weighted by molar-refractivity contribution is -0.567. The zero-order chi connectivity index (χ0) is 49.8. The van der Waals surface area contributed by atoms with Gasteiger partial charge in [-0.15, -0.1) is 0 Å². The molecule has 0 atom stereocenters. The van der Waals surface area contributed by atoms with Crippen LogP contribution in [0.2, 0.25) is 0 Å². The average molecular weight is 970 g/mol. The SMILES string of the molecule is CC(C)c1cc(C(C)C)c(-c2cc(Oc3ccc4c5ccccc5n(-c5cc(-c6c(C(C)C)cc(C(C)C)cc6C(C)C)ccn5)c4c3)cc(-n3c[n+](-c4ccccc4)c4ccccc43)c2)c(C(C)C)c1.[Cl-]. The Morgan fingerprint density at radius 1 is 0.444 bits per heavy atom. The molecule has 6 heteroatoms. The monoisotopic (exact) mass is 969 g/mol. The summed E-state index contributed by atoms with van der Waals surface area (Å²) in [5, 5.41) is 2.33. The van der Waals surface area contributed by atoms with Crippen LogP contribution in [0.1, 0.15) is 152 Å². The fourth-order valence-electron chi connectivity index (χ4n) is 10.7. The Morgan fingerprint density at radius 2 is 0.986 bits per heavy atom. The van der Waals surface area contributed by atoms with Crippen LogP contribution in [0, 0.1) is 0 Å². The van der Waals surface area contributed by atoms with Crippen molar-refractivity contribution in [2.75, 3.05) is 0 Å². The van der Waals surface area contributed by atoms with E-state index in [9.17, 15) is 0 Å². The minimum Gasteiger partial charge on any atom is -1.00 e. The normalized spacial score (nSPS) is 12.0. The van der Waals surface area contributed by atoms with Crippen molar-refractivity contribution in [3.63, 3.8) is 0 Å². The van der Waals surface area contributed by atoms with E-state index in [-0.39, 0.29) is 12.4 Å². The molecule has 7 aromatic carbocycles. The van der Waals surface area contributed by atoms with E-state index in [1.54, 1.807) is 0 Å². The van der Waals surface area contributed by atoms with Crippen molar-refractivity contribution in [3.05, 3.63) is 198 Å². The maximum atomic E-state index is 7.22. The molecule has 3 heterocycles. The van der Waals surface area contributed by atoms with Crippen LogP contribution in [0.4, 0.5) is 0 Å². The summed E-state index contributed by atoms with van der Waals surface area (Å²) < 4.78 is 14.1. The summed E-state index contributed by atoms with van der Waals surface area (Å²) in [6, 6.07) is 55.6. The summed E-state index contributed by atoms with van der Waals surface area (Å²) >= 11 is 0. The van der Waals surface area contributed by atoms with Crippen molar-refractivity contribution in [3.8, 4) is 50.9 Å². The molecule has 366 valence electrons. The van der Waals surface area contributed by atoms with Gasteiger partial charge in [0.05, 0.1) is 11.0 Å². The number of hydrogen-bond donors (Lipinski definition) is 0. The smallest absolute Gasteiger partial charge is 0.255 e. The van der Waals surface area contributed by atoms with Crippen molar-refractivity contribution in [2.45, 2.75) is 119 Å². The first-order valence-corrected chi connectivity index (χ1v) is 25.9. The number of hydrogen-bond acceptors (Lipinski definition) is 2. The molecular formula is C66H69ClN4O. The highest BCUT2D eigenvalue weighted by Gasteiger charge is 2.25. The number of imidazole rings is 1. The number of para-hydroxylation sites is 4. The zero-order valence-corrected chi connectivity index (χ0v) is 44.9. The summed E-state index contributed by atoms with van der Waals surface area (Å²) in [6.45, 7) is 27.8. The Kier molecular flexibility index (Phi) is 14.1. The highest BCUT2D eigenvalue weighted by Crippen LogP contribution is 2.44. The molecule has 10 rings (SSSR count). The lowest BCUT2D eigenvalue weighted by Gasteiger charge is -2.24. The van der Waals surface area contributed by atoms with Gasteiger partial charge in [-0.05, 0) is 158 Å². The molecule has 5 nitrogen and oxygen atoms in total. The number of rotatable bonds is 13. The third-order valence-corrected chi connectivity index (χ3v) is 14.5. The summed E-state index contributed by atoms with van der Waals surface area (Å²) in [5.41, 5.74) is 19.7. The molecule has 3 aromatic heterocycles. The van der Waals surface area contributed by atoms with Crippen LogP contribution < -0.4 is 21.7 Å². The number of nitrogens with zero attached hydrogens (tertiary/aromatic N) is 4. The molecule has 0 N–H and O–H groups in total. The summed E-state index contributed by atoms with van der Waals surface area (Å²) in [7, 11) is 0. The predicted molar refractivity (Wildman–Crippen MR) is 299 cm³/mol. The number of benzene rings is 7. The van der Waals surface area contributed by atoms with Crippen LogP contribution in [0.15, 0.2) is 164 Å². The van der Waals surface area contributed by atoms with Crippen molar-refractivity contribution in [2.24, 2.45) is 0 Å². The predicted octanol–water partition coefficient (Wildman–Crippen LogP) is 15.3. The molecule has 0 aliphatic rings. The van der Waals surface area contributed by atoms with Gasteiger partial charge in [0.1, 0.15) is 28.7 Å². The Balaban J connectivity index is 0.00000640. The van der Waals surface area contributed by atoms with Gasteiger partial charge in [-0.1, -0.05) is 156 Å². The van der Waals surface area contributed by atoms with Gasteiger partial charge in [-0.2, -0.15) is 9.13 Å². The molecule has 0 saturated heterocycles. The summed E-state index contributed by atoms with van der Waals surface area (Å²) in [6.07, 6.45) is 4.20. The average Bonchev–Trinajstić information content (AvgIpc) is 3.92. The number of aromatic nitrogens is 4. The van der Waals surface area contributed by atoms with Gasteiger partial charge in [-0.3, -0.25) is 4.57 Å². The molecular weight excluding hydrogens is 900 g/mol. The van der Waals surface area contributed by atoms with E-state index in [0.717, 1.165) is 61.7 Å². The Labute approximate surface area is 433 Å². The van der Waals surface area contributed by atoms with Gasteiger partial charge in [0.15, 0.2) is 11.0 Å². The molecule has 0 bridgehead atoms. The molecule has 0 radical (unpaired) electrons. The van der Waals surface area contributed by atoms with E-state index in [4.69, 9.17) is 9.72 Å². The molecule has 0 unspecified atom stereocenters. The third-order valence-electron chi connectivity index (χ3n) is 14.5. The zero-order valence-electron chi connectivity index (χ0n) is 44.1. The summed E-state index contributed by atoms with van der Waals surface area (Å²) in [4.78, 5) is 5.13. The van der Waals surface area contributed by atoms with Crippen LogP contribution in [0.3, 0.4) is 0 Å². The van der Waals surface area contributed by atoms with Crippen LogP contribution in [-0.4, -0.2) is 14.1 Å². The van der Waals surface area contributed by atoms with Gasteiger partial charge >= 0.3 is 0 Å². The fraction of sp³-hybridized carbons (Fsp3) is 0.273. The van der Waals surface area contributed by atoms with Gasteiger partial charge < -0.3 is 17.1 Å². The lowest BCUT2D eigenvalue weighted by atomic mass is 9.81. The Bertz CT molecular complexity index is 3530. The fourth-order valence-corrected chi connectivity index (χ4v) is 10.7. The molecule has 0 amide bonds. The van der Waals surface area contributed by atoms with E-state index < -0.39 is 0 Å². The van der Waals surface area contributed by atoms with Crippen LogP contribution in [0.25, 0.3) is 72.3 Å². The highest BCUT2D eigenvalue weighted by molar-refractivity contribution is 6.09. The first-order valence-electron chi connectivity index (χ1n) is 25.9. The maximum absolute atomic E-state index is 7.22. The number of pyridine rings is 1. The lowest BCUT2D eigenvalue weighted by Crippen LogP contribution is -3.00. The van der Waals surface area contributed by atoms with Crippen molar-refractivity contribution in [1.29, 1.82) is 0 Å². The van der Waals surface area contributed by atoms with Gasteiger partial charge in [0.25, 0.3) is 6.33 Å². The van der Waals surface area contributed by atoms with E-state index in [1.807, 2.05) is 6.20 Å². The second kappa shape index (κ2) is 20.3. The molecule has 10 aromatic rings. The second-order valence-electron chi connectivity index (χ2n) is 21.5. The first kappa shape index (κ1) is 50.0. The quantitative estimate of drug-likeness (QED) is 0.108. The van der Waals surface area contributed by atoms with Gasteiger partial charge in [0, 0.05) is 29.1 Å². The van der Waals surface area contributed by atoms with E-state index in [0.29, 0.717) is 35.5 Å². The van der Waals surface area contributed by atoms with Gasteiger partial charge in [-0.25, -0.2) is 4.98 Å². The first-order chi connectivity index (χ1) is 34.2. The molecule has 0 spiro atoms. The molecule has 0 saturated carbocycles. The molecule has 0 aliphatic heterocycles. The van der Waals surface area contributed by atoms with Crippen LogP contribution in [0.5, 0.6) is 11.5 Å². The van der Waals surface area contributed by atoms with E-state index in [2.05, 4.69) is 255 Å². The van der Waals surface area contributed by atoms with Gasteiger partial charge in [0.2, 0.25) is 0 Å². The molecule has 0 fully saturated rings. The molecule has 0 aliphatic carbocycles.